The standard InChI is InChI=1S/C18H21NO6S/c1-11-15(12(2)25-19-11)9-26-10-18(21)24-8-16(20)14-7-13(22-3)5-6-17(14)23-4/h5-7H,8-10H2,1-4H3. The number of ketones is 1. The van der Waals surface area contributed by atoms with Crippen molar-refractivity contribution >= 4 is 23.5 Å². The predicted octanol–water partition coefficient (Wildman–Crippen LogP) is 2.97. The molecule has 0 atom stereocenters. The lowest BCUT2D eigenvalue weighted by atomic mass is 10.1. The van der Waals surface area contributed by atoms with E-state index in [2.05, 4.69) is 5.16 Å². The second-order valence-electron chi connectivity index (χ2n) is 5.45. The molecule has 0 aliphatic carbocycles. The summed E-state index contributed by atoms with van der Waals surface area (Å²) in [4.78, 5) is 24.2. The van der Waals surface area contributed by atoms with Crippen LogP contribution in [-0.4, -0.2) is 43.5 Å². The van der Waals surface area contributed by atoms with Gasteiger partial charge in [-0.25, -0.2) is 0 Å². The van der Waals surface area contributed by atoms with Gasteiger partial charge in [0.1, 0.15) is 17.3 Å². The molecule has 2 aromatic rings. The number of Topliss-reactive ketones (excluding diaryl/α,β-unsaturated/α-hetero) is 1. The molecular weight excluding hydrogens is 358 g/mol. The van der Waals surface area contributed by atoms with Crippen molar-refractivity contribution in [3.05, 3.63) is 40.8 Å². The summed E-state index contributed by atoms with van der Waals surface area (Å²) in [5, 5.41) is 3.87. The van der Waals surface area contributed by atoms with Gasteiger partial charge in [-0.15, -0.1) is 11.8 Å². The molecule has 26 heavy (non-hydrogen) atoms. The predicted molar refractivity (Wildman–Crippen MR) is 97.0 cm³/mol. The Morgan fingerprint density at radius 3 is 2.58 bits per heavy atom. The number of methoxy groups -OCH3 is 2. The average Bonchev–Trinajstić information content (AvgIpc) is 2.97. The van der Waals surface area contributed by atoms with Crippen molar-refractivity contribution < 1.29 is 28.3 Å². The maximum atomic E-state index is 12.3. The zero-order chi connectivity index (χ0) is 19.1. The second-order valence-corrected chi connectivity index (χ2v) is 6.43. The SMILES string of the molecule is COc1ccc(OC)c(C(=O)COC(=O)CSCc2c(C)noc2C)c1. The van der Waals surface area contributed by atoms with Gasteiger partial charge in [0, 0.05) is 11.3 Å². The third kappa shape index (κ3) is 5.01. The van der Waals surface area contributed by atoms with Crippen molar-refractivity contribution in [2.24, 2.45) is 0 Å². The Hall–Kier alpha value is -2.48. The van der Waals surface area contributed by atoms with Gasteiger partial charge in [0.2, 0.25) is 5.78 Å². The van der Waals surface area contributed by atoms with Gasteiger partial charge in [-0.1, -0.05) is 5.16 Å². The van der Waals surface area contributed by atoms with E-state index < -0.39 is 5.97 Å². The summed E-state index contributed by atoms with van der Waals surface area (Å²) in [6.07, 6.45) is 0. The fourth-order valence-electron chi connectivity index (χ4n) is 2.24. The minimum Gasteiger partial charge on any atom is -0.497 e. The van der Waals surface area contributed by atoms with Gasteiger partial charge in [0.05, 0.1) is 31.2 Å². The number of hydrogen-bond acceptors (Lipinski definition) is 8. The number of aryl methyl sites for hydroxylation is 2. The van der Waals surface area contributed by atoms with Crippen molar-refractivity contribution in [1.29, 1.82) is 0 Å². The number of nitrogens with zero attached hydrogens (tertiary/aromatic N) is 1. The van der Waals surface area contributed by atoms with Crippen LogP contribution in [0.5, 0.6) is 11.5 Å². The van der Waals surface area contributed by atoms with Crippen molar-refractivity contribution in [2.75, 3.05) is 26.6 Å². The van der Waals surface area contributed by atoms with E-state index in [0.717, 1.165) is 17.0 Å². The number of rotatable bonds is 9. The molecule has 0 aliphatic heterocycles. The van der Waals surface area contributed by atoms with E-state index in [4.69, 9.17) is 18.7 Å². The van der Waals surface area contributed by atoms with Crippen LogP contribution in [0.3, 0.4) is 0 Å². The first-order valence-corrected chi connectivity index (χ1v) is 9.02. The first kappa shape index (κ1) is 19.8. The van der Waals surface area contributed by atoms with E-state index in [1.807, 2.05) is 13.8 Å². The van der Waals surface area contributed by atoms with Gasteiger partial charge in [-0.3, -0.25) is 9.59 Å². The van der Waals surface area contributed by atoms with Crippen LogP contribution in [-0.2, 0) is 15.3 Å². The number of carbonyl (C=O) groups is 2. The number of hydrogen-bond donors (Lipinski definition) is 0. The van der Waals surface area contributed by atoms with Crippen molar-refractivity contribution in [3.8, 4) is 11.5 Å². The number of benzene rings is 1. The summed E-state index contributed by atoms with van der Waals surface area (Å²) < 4.78 is 20.4. The Bertz CT molecular complexity index is 766. The Balaban J connectivity index is 1.84. The van der Waals surface area contributed by atoms with E-state index in [1.165, 1.54) is 26.0 Å². The molecule has 7 nitrogen and oxygen atoms in total. The summed E-state index contributed by atoms with van der Waals surface area (Å²) in [6, 6.07) is 4.88. The van der Waals surface area contributed by atoms with E-state index in [9.17, 15) is 9.59 Å². The van der Waals surface area contributed by atoms with Crippen LogP contribution >= 0.6 is 11.8 Å². The molecule has 0 bridgehead atoms. The Kier molecular flexibility index (Phi) is 7.08. The van der Waals surface area contributed by atoms with Crippen molar-refractivity contribution in [1.82, 2.24) is 5.16 Å². The van der Waals surface area contributed by atoms with Gasteiger partial charge in [-0.2, -0.15) is 0 Å². The van der Waals surface area contributed by atoms with Crippen LogP contribution in [0, 0.1) is 13.8 Å². The minimum absolute atomic E-state index is 0.132. The van der Waals surface area contributed by atoms with Crippen LogP contribution in [0.15, 0.2) is 22.7 Å². The molecule has 8 heteroatoms. The first-order valence-electron chi connectivity index (χ1n) is 7.86. The lowest BCUT2D eigenvalue weighted by Gasteiger charge is -2.10. The van der Waals surface area contributed by atoms with Crippen LogP contribution in [0.1, 0.15) is 27.4 Å². The molecule has 0 N–H and O–H groups in total. The fraction of sp³-hybridized carbons (Fsp3) is 0.389. The molecule has 0 amide bonds. The monoisotopic (exact) mass is 379 g/mol. The molecule has 0 aliphatic rings. The second kappa shape index (κ2) is 9.28. The Morgan fingerprint density at radius 2 is 1.96 bits per heavy atom. The normalized spacial score (nSPS) is 10.5. The zero-order valence-corrected chi connectivity index (χ0v) is 16.0. The van der Waals surface area contributed by atoms with Crippen LogP contribution in [0.25, 0.3) is 0 Å². The molecule has 0 fully saturated rings. The number of carbonyl (C=O) groups excluding carboxylic acids is 2. The van der Waals surface area contributed by atoms with Crippen LogP contribution in [0.4, 0.5) is 0 Å². The van der Waals surface area contributed by atoms with E-state index in [-0.39, 0.29) is 18.1 Å². The maximum Gasteiger partial charge on any atom is 0.316 e. The smallest absolute Gasteiger partial charge is 0.316 e. The van der Waals surface area contributed by atoms with Crippen molar-refractivity contribution in [2.45, 2.75) is 19.6 Å². The van der Waals surface area contributed by atoms with E-state index >= 15 is 0 Å². The average molecular weight is 379 g/mol. The summed E-state index contributed by atoms with van der Waals surface area (Å²) >= 11 is 1.38. The third-order valence-electron chi connectivity index (χ3n) is 3.72. The van der Waals surface area contributed by atoms with Crippen molar-refractivity contribution in [3.63, 3.8) is 0 Å². The third-order valence-corrected chi connectivity index (χ3v) is 4.65. The topological polar surface area (TPSA) is 87.9 Å². The summed E-state index contributed by atoms with van der Waals surface area (Å²) in [5.74, 6) is 1.57. The quantitative estimate of drug-likeness (QED) is 0.485. The molecule has 0 radical (unpaired) electrons. The summed E-state index contributed by atoms with van der Waals surface area (Å²) in [7, 11) is 2.97. The lowest BCUT2D eigenvalue weighted by molar-refractivity contribution is -0.139. The molecule has 0 saturated heterocycles. The molecule has 1 aromatic heterocycles. The number of thioether (sulfide) groups is 1. The number of aromatic nitrogens is 1. The van der Waals surface area contributed by atoms with Crippen LogP contribution in [0.2, 0.25) is 0 Å². The van der Waals surface area contributed by atoms with Crippen LogP contribution < -0.4 is 9.47 Å². The zero-order valence-electron chi connectivity index (χ0n) is 15.2. The highest BCUT2D eigenvalue weighted by molar-refractivity contribution is 7.99. The largest absolute Gasteiger partial charge is 0.497 e. The molecule has 1 aromatic carbocycles. The van der Waals surface area contributed by atoms with Gasteiger partial charge in [0.25, 0.3) is 0 Å². The molecule has 2 rings (SSSR count). The molecule has 0 saturated carbocycles. The molecule has 0 unspecified atom stereocenters. The fourth-order valence-corrected chi connectivity index (χ4v) is 3.21. The van der Waals surface area contributed by atoms with Gasteiger partial charge in [0.15, 0.2) is 6.61 Å². The Labute approximate surface area is 156 Å². The summed E-state index contributed by atoms with van der Waals surface area (Å²) in [5.41, 5.74) is 2.09. The number of ether oxygens (including phenoxy) is 3. The molecular formula is C18H21NO6S. The lowest BCUT2D eigenvalue weighted by Crippen LogP contribution is -2.16. The highest BCUT2D eigenvalue weighted by Gasteiger charge is 2.16. The Morgan fingerprint density at radius 1 is 1.19 bits per heavy atom. The summed E-state index contributed by atoms with van der Waals surface area (Å²) in [6.45, 7) is 3.33. The van der Waals surface area contributed by atoms with Gasteiger partial charge in [-0.05, 0) is 32.0 Å². The van der Waals surface area contributed by atoms with E-state index in [1.54, 1.807) is 18.2 Å². The molecule has 0 spiro atoms. The maximum absolute atomic E-state index is 12.3. The molecule has 1 heterocycles. The first-order chi connectivity index (χ1) is 12.5. The highest BCUT2D eigenvalue weighted by Crippen LogP contribution is 2.24. The minimum atomic E-state index is -0.461. The number of esters is 1. The van der Waals surface area contributed by atoms with Gasteiger partial charge < -0.3 is 18.7 Å². The van der Waals surface area contributed by atoms with E-state index in [0.29, 0.717) is 22.8 Å². The molecule has 140 valence electrons. The van der Waals surface area contributed by atoms with Gasteiger partial charge >= 0.3 is 5.97 Å². The highest BCUT2D eigenvalue weighted by atomic mass is 32.2.